The number of nitrogens with one attached hydrogen (secondary N) is 2. The quantitative estimate of drug-likeness (QED) is 0.424. The highest BCUT2D eigenvalue weighted by molar-refractivity contribution is 9.10. The van der Waals surface area contributed by atoms with Gasteiger partial charge >= 0.3 is 0 Å². The van der Waals surface area contributed by atoms with Crippen molar-refractivity contribution in [2.45, 2.75) is 32.1 Å². The number of ether oxygens (including phenoxy) is 1. The van der Waals surface area contributed by atoms with E-state index < -0.39 is 0 Å². The Morgan fingerprint density at radius 2 is 1.93 bits per heavy atom. The van der Waals surface area contributed by atoms with Crippen molar-refractivity contribution in [2.75, 3.05) is 32.1 Å². The van der Waals surface area contributed by atoms with E-state index in [1.165, 1.54) is 4.88 Å². The molecule has 1 amide bonds. The Bertz CT molecular complexity index is 833. The molecule has 1 aliphatic rings. The van der Waals surface area contributed by atoms with Gasteiger partial charge in [-0.25, -0.2) is 0 Å². The Balaban J connectivity index is 1.72. The number of aryl methyl sites for hydroxylation is 1. The number of methoxy groups -OCH3 is 1. The summed E-state index contributed by atoms with van der Waals surface area (Å²) < 4.78 is 5.98. The molecule has 150 valence electrons. The van der Waals surface area contributed by atoms with Gasteiger partial charge in [0.15, 0.2) is 5.78 Å². The molecule has 1 aromatic heterocycles. The molecule has 0 aliphatic heterocycles. The predicted molar refractivity (Wildman–Crippen MR) is 117 cm³/mol. The minimum Gasteiger partial charge on any atom is -0.385 e. The van der Waals surface area contributed by atoms with Crippen molar-refractivity contribution in [1.29, 1.82) is 0 Å². The first-order chi connectivity index (χ1) is 13.6. The number of amides is 1. The fourth-order valence-corrected chi connectivity index (χ4v) is 4.88. The number of hydrogen-bond donors (Lipinski definition) is 2. The lowest BCUT2D eigenvalue weighted by Crippen LogP contribution is -2.27. The smallest absolute Gasteiger partial charge is 0.254 e. The molecule has 1 heterocycles. The summed E-state index contributed by atoms with van der Waals surface area (Å²) in [5.41, 5.74) is 2.53. The van der Waals surface area contributed by atoms with Gasteiger partial charge < -0.3 is 15.4 Å². The molecule has 2 N–H and O–H groups in total. The van der Waals surface area contributed by atoms with E-state index in [1.807, 2.05) is 12.1 Å². The second-order valence-electron chi connectivity index (χ2n) is 6.80. The summed E-state index contributed by atoms with van der Waals surface area (Å²) in [6.45, 7) is 1.37. The van der Waals surface area contributed by atoms with Gasteiger partial charge in [0.25, 0.3) is 5.91 Å². The third-order valence-corrected chi connectivity index (χ3v) is 6.56. The van der Waals surface area contributed by atoms with Crippen LogP contribution < -0.4 is 10.6 Å². The van der Waals surface area contributed by atoms with E-state index >= 15 is 0 Å². The number of ketones is 1. The van der Waals surface area contributed by atoms with Crippen molar-refractivity contribution < 1.29 is 14.3 Å². The Morgan fingerprint density at radius 1 is 1.18 bits per heavy atom. The van der Waals surface area contributed by atoms with Gasteiger partial charge in [0.05, 0.1) is 12.1 Å². The van der Waals surface area contributed by atoms with Crippen LogP contribution in [-0.4, -0.2) is 38.5 Å². The normalized spacial score (nSPS) is 13.1. The maximum Gasteiger partial charge on any atom is 0.254 e. The molecule has 0 unspecified atom stereocenters. The van der Waals surface area contributed by atoms with E-state index in [-0.39, 0.29) is 18.2 Å². The Labute approximate surface area is 178 Å². The molecule has 3 rings (SSSR count). The molecule has 0 bridgehead atoms. The number of rotatable bonds is 9. The lowest BCUT2D eigenvalue weighted by molar-refractivity contribution is 0.0946. The van der Waals surface area contributed by atoms with Gasteiger partial charge in [0.1, 0.15) is 5.00 Å². The number of hydrogen-bond acceptors (Lipinski definition) is 5. The highest BCUT2D eigenvalue weighted by Gasteiger charge is 2.25. The first kappa shape index (κ1) is 21.0. The van der Waals surface area contributed by atoms with Gasteiger partial charge in [0.2, 0.25) is 0 Å². The highest BCUT2D eigenvalue weighted by atomic mass is 79.9. The minimum absolute atomic E-state index is 0.00493. The molecule has 2 aromatic rings. The van der Waals surface area contributed by atoms with Gasteiger partial charge in [-0.1, -0.05) is 28.1 Å². The van der Waals surface area contributed by atoms with Crippen LogP contribution in [0, 0.1) is 0 Å². The van der Waals surface area contributed by atoms with Crippen LogP contribution in [0.2, 0.25) is 0 Å². The fourth-order valence-electron chi connectivity index (χ4n) is 3.34. The predicted octanol–water partition coefficient (Wildman–Crippen LogP) is 4.45. The van der Waals surface area contributed by atoms with Gasteiger partial charge in [-0.05, 0) is 49.8 Å². The largest absolute Gasteiger partial charge is 0.385 e. The monoisotopic (exact) mass is 464 g/mol. The summed E-state index contributed by atoms with van der Waals surface area (Å²) in [6, 6.07) is 7.32. The lowest BCUT2D eigenvalue weighted by atomic mass is 9.95. The van der Waals surface area contributed by atoms with E-state index in [0.29, 0.717) is 18.7 Å². The fraction of sp³-hybridized carbons (Fsp3) is 0.429. The molecule has 0 saturated heterocycles. The lowest BCUT2D eigenvalue weighted by Gasteiger charge is -2.13. The van der Waals surface area contributed by atoms with Crippen LogP contribution in [0.3, 0.4) is 0 Å². The van der Waals surface area contributed by atoms with Gasteiger partial charge in [0, 0.05) is 35.2 Å². The van der Waals surface area contributed by atoms with Crippen molar-refractivity contribution in [1.82, 2.24) is 5.32 Å². The molecule has 0 saturated carbocycles. The van der Waals surface area contributed by atoms with Crippen LogP contribution >= 0.6 is 27.3 Å². The Kier molecular flexibility index (Phi) is 7.65. The zero-order valence-electron chi connectivity index (χ0n) is 16.0. The third kappa shape index (κ3) is 5.21. The third-order valence-electron chi connectivity index (χ3n) is 4.78. The van der Waals surface area contributed by atoms with E-state index in [9.17, 15) is 9.59 Å². The summed E-state index contributed by atoms with van der Waals surface area (Å²) in [5, 5.41) is 7.04. The van der Waals surface area contributed by atoms with Crippen LogP contribution in [0.15, 0.2) is 28.7 Å². The molecule has 7 heteroatoms. The van der Waals surface area contributed by atoms with Crippen LogP contribution in [0.25, 0.3) is 0 Å². The molecule has 5 nitrogen and oxygen atoms in total. The zero-order chi connectivity index (χ0) is 19.9. The molecule has 0 fully saturated rings. The summed E-state index contributed by atoms with van der Waals surface area (Å²) in [6.07, 6.45) is 4.96. The first-order valence-corrected chi connectivity index (χ1v) is 11.2. The van der Waals surface area contributed by atoms with Crippen LogP contribution in [0.1, 0.15) is 50.4 Å². The summed E-state index contributed by atoms with van der Waals surface area (Å²) >= 11 is 5.00. The highest BCUT2D eigenvalue weighted by Crippen LogP contribution is 2.38. The molecule has 0 spiro atoms. The van der Waals surface area contributed by atoms with E-state index in [1.54, 1.807) is 30.6 Å². The van der Waals surface area contributed by atoms with Crippen LogP contribution in [-0.2, 0) is 17.6 Å². The molecular weight excluding hydrogens is 440 g/mol. The van der Waals surface area contributed by atoms with Crippen molar-refractivity contribution in [2.24, 2.45) is 0 Å². The number of Topliss-reactive ketones (excluding diaryl/α,β-unsaturated/α-hetero) is 1. The molecule has 28 heavy (non-hydrogen) atoms. The van der Waals surface area contributed by atoms with E-state index in [4.69, 9.17) is 4.74 Å². The van der Waals surface area contributed by atoms with Gasteiger partial charge in [-0.15, -0.1) is 11.3 Å². The van der Waals surface area contributed by atoms with Crippen molar-refractivity contribution in [3.63, 3.8) is 0 Å². The van der Waals surface area contributed by atoms with Crippen molar-refractivity contribution >= 4 is 44.0 Å². The summed E-state index contributed by atoms with van der Waals surface area (Å²) in [7, 11) is 1.65. The maximum atomic E-state index is 12.8. The van der Waals surface area contributed by atoms with Crippen molar-refractivity contribution in [3.8, 4) is 0 Å². The van der Waals surface area contributed by atoms with Crippen LogP contribution in [0.4, 0.5) is 5.00 Å². The Morgan fingerprint density at radius 3 is 2.68 bits per heavy atom. The minimum atomic E-state index is -0.0610. The van der Waals surface area contributed by atoms with Gasteiger partial charge in [-0.3, -0.25) is 9.59 Å². The maximum absolute atomic E-state index is 12.8. The molecule has 1 aromatic carbocycles. The first-order valence-electron chi connectivity index (χ1n) is 9.54. The molecule has 0 atom stereocenters. The second kappa shape index (κ2) is 10.2. The number of halogens is 1. The number of anilines is 1. The molecule has 1 aliphatic carbocycles. The number of carbonyl (C=O) groups excluding carboxylic acids is 2. The Hall–Kier alpha value is -1.70. The van der Waals surface area contributed by atoms with E-state index in [2.05, 4.69) is 26.6 Å². The number of thiophene rings is 1. The summed E-state index contributed by atoms with van der Waals surface area (Å²) in [4.78, 5) is 26.6. The molecule has 0 radical (unpaired) electrons. The average molecular weight is 465 g/mol. The SMILES string of the molecule is COCCCNC(=O)c1c(NCC(=O)c2ccc(Br)cc2)sc2c1CCCC2. The zero-order valence-corrected chi connectivity index (χ0v) is 18.4. The van der Waals surface area contributed by atoms with E-state index in [0.717, 1.165) is 52.7 Å². The van der Waals surface area contributed by atoms with Crippen molar-refractivity contribution in [3.05, 3.63) is 50.3 Å². The van der Waals surface area contributed by atoms with Gasteiger partial charge in [-0.2, -0.15) is 0 Å². The average Bonchev–Trinajstić information content (AvgIpc) is 3.08. The van der Waals surface area contributed by atoms with Crippen LogP contribution in [0.5, 0.6) is 0 Å². The molecular formula is C21H25BrN2O3S. The number of benzene rings is 1. The standard InChI is InChI=1S/C21H25BrN2O3S/c1-27-12-4-11-23-20(26)19-16-5-2-3-6-18(16)28-21(19)24-13-17(25)14-7-9-15(22)10-8-14/h7-10,24H,2-6,11-13H2,1H3,(H,23,26). The second-order valence-corrected chi connectivity index (χ2v) is 8.82. The number of carbonyl (C=O) groups is 2. The number of fused-ring (bicyclic) bond motifs is 1. The summed E-state index contributed by atoms with van der Waals surface area (Å²) in [5.74, 6) is -0.0561. The topological polar surface area (TPSA) is 67.4 Å².